The first-order valence-electron chi connectivity index (χ1n) is 10.4. The van der Waals surface area contributed by atoms with Crippen molar-refractivity contribution in [2.75, 3.05) is 29.9 Å². The Balaban J connectivity index is 1.46. The Labute approximate surface area is 166 Å². The zero-order valence-electron chi connectivity index (χ0n) is 17.1. The van der Waals surface area contributed by atoms with Crippen molar-refractivity contribution in [3.05, 3.63) is 24.4 Å². The van der Waals surface area contributed by atoms with Gasteiger partial charge in [-0.3, -0.25) is 0 Å². The Morgan fingerprint density at radius 3 is 2.93 bits per heavy atom. The molecule has 3 atom stereocenters. The first-order valence-corrected chi connectivity index (χ1v) is 10.4. The van der Waals surface area contributed by atoms with E-state index in [2.05, 4.69) is 39.2 Å². The predicted octanol–water partition coefficient (Wildman–Crippen LogP) is 2.60. The molecule has 2 aromatic rings. The third-order valence-electron chi connectivity index (χ3n) is 5.82. The van der Waals surface area contributed by atoms with E-state index in [0.717, 1.165) is 63.0 Å². The minimum Gasteiger partial charge on any atom is -0.376 e. The molecule has 1 N–H and O–H groups in total. The van der Waals surface area contributed by atoms with Crippen LogP contribution in [0.15, 0.2) is 18.6 Å². The van der Waals surface area contributed by atoms with E-state index in [1.807, 2.05) is 23.9 Å². The molecule has 8 nitrogen and oxygen atoms in total. The third-order valence-corrected chi connectivity index (χ3v) is 5.82. The summed E-state index contributed by atoms with van der Waals surface area (Å²) in [6, 6.07) is 2.25. The van der Waals surface area contributed by atoms with Gasteiger partial charge >= 0.3 is 0 Å². The molecule has 0 amide bonds. The first kappa shape index (κ1) is 19.1. The van der Waals surface area contributed by atoms with Gasteiger partial charge in [0.1, 0.15) is 18.0 Å². The number of aromatic nitrogens is 5. The van der Waals surface area contributed by atoms with Gasteiger partial charge in [-0.05, 0) is 37.7 Å². The molecular formula is C20H31N7O. The van der Waals surface area contributed by atoms with Crippen LogP contribution in [-0.2, 0) is 11.8 Å². The van der Waals surface area contributed by atoms with Crippen LogP contribution in [0.3, 0.4) is 0 Å². The highest BCUT2D eigenvalue weighted by atomic mass is 16.5. The molecule has 4 rings (SSSR count). The molecule has 0 radical (unpaired) electrons. The van der Waals surface area contributed by atoms with Crippen molar-refractivity contribution in [3.63, 3.8) is 0 Å². The first-order chi connectivity index (χ1) is 13.6. The summed E-state index contributed by atoms with van der Waals surface area (Å²) in [5.74, 6) is 3.55. The maximum absolute atomic E-state index is 6.01. The topological polar surface area (TPSA) is 81.0 Å². The Kier molecular flexibility index (Phi) is 5.75. The lowest BCUT2D eigenvalue weighted by Crippen LogP contribution is -2.43. The van der Waals surface area contributed by atoms with Crippen LogP contribution in [0.1, 0.15) is 51.3 Å². The van der Waals surface area contributed by atoms with Gasteiger partial charge in [0.25, 0.3) is 0 Å². The maximum Gasteiger partial charge on any atom is 0.227 e. The molecule has 8 heteroatoms. The number of nitrogens with one attached hydrogen (secondary N) is 1. The lowest BCUT2D eigenvalue weighted by Gasteiger charge is -2.35. The molecule has 2 aliphatic rings. The van der Waals surface area contributed by atoms with Gasteiger partial charge < -0.3 is 19.5 Å². The van der Waals surface area contributed by atoms with Crippen molar-refractivity contribution in [1.82, 2.24) is 24.7 Å². The number of anilines is 2. The lowest BCUT2D eigenvalue weighted by atomic mass is 9.94. The number of rotatable bonds is 5. The van der Waals surface area contributed by atoms with Gasteiger partial charge in [-0.1, -0.05) is 13.8 Å². The van der Waals surface area contributed by atoms with Gasteiger partial charge in [0.05, 0.1) is 12.1 Å². The molecule has 152 valence electrons. The van der Waals surface area contributed by atoms with Crippen LogP contribution in [0.4, 0.5) is 11.8 Å². The molecule has 4 heterocycles. The van der Waals surface area contributed by atoms with Crippen LogP contribution >= 0.6 is 0 Å². The molecular weight excluding hydrogens is 354 g/mol. The lowest BCUT2D eigenvalue weighted by molar-refractivity contribution is -0.0203. The van der Waals surface area contributed by atoms with Crippen LogP contribution in [0.25, 0.3) is 0 Å². The summed E-state index contributed by atoms with van der Waals surface area (Å²) in [7, 11) is 2.01. The van der Waals surface area contributed by atoms with E-state index in [-0.39, 0.29) is 6.10 Å². The molecule has 0 saturated carbocycles. The quantitative estimate of drug-likeness (QED) is 0.847. The molecule has 2 fully saturated rings. The number of ether oxygens (including phenoxy) is 1. The summed E-state index contributed by atoms with van der Waals surface area (Å²) in [5.41, 5.74) is 0. The molecule has 0 bridgehead atoms. The van der Waals surface area contributed by atoms with Crippen LogP contribution in [0.2, 0.25) is 0 Å². The molecule has 0 aliphatic carbocycles. The largest absolute Gasteiger partial charge is 0.376 e. The molecule has 0 aromatic carbocycles. The Hall–Kier alpha value is -2.22. The third kappa shape index (κ3) is 4.11. The molecule has 28 heavy (non-hydrogen) atoms. The van der Waals surface area contributed by atoms with E-state index >= 15 is 0 Å². The van der Waals surface area contributed by atoms with Crippen LogP contribution < -0.4 is 10.2 Å². The van der Waals surface area contributed by atoms with E-state index < -0.39 is 0 Å². The SMILES string of the molecule is CC(C)[C@@H]1OCCC[C@@H]1Nc1ccnc(N2CCC[C@H](c3nncn3C)C2)n1. The van der Waals surface area contributed by atoms with E-state index in [4.69, 9.17) is 9.72 Å². The van der Waals surface area contributed by atoms with Crippen LogP contribution in [-0.4, -0.2) is 56.6 Å². The highest BCUT2D eigenvalue weighted by molar-refractivity contribution is 5.43. The van der Waals surface area contributed by atoms with Crippen molar-refractivity contribution < 1.29 is 4.74 Å². The van der Waals surface area contributed by atoms with Gasteiger partial charge in [-0.2, -0.15) is 4.98 Å². The fourth-order valence-electron chi connectivity index (χ4n) is 4.42. The number of hydrogen-bond acceptors (Lipinski definition) is 7. The van der Waals surface area contributed by atoms with E-state index in [1.54, 1.807) is 6.33 Å². The normalized spacial score (nSPS) is 25.9. The fraction of sp³-hybridized carbons (Fsp3) is 0.700. The Bertz CT molecular complexity index is 777. The van der Waals surface area contributed by atoms with E-state index in [1.165, 1.54) is 0 Å². The summed E-state index contributed by atoms with van der Waals surface area (Å²) in [6.07, 6.45) is 8.27. The highest BCUT2D eigenvalue weighted by Gasteiger charge is 2.29. The molecule has 2 aliphatic heterocycles. The second-order valence-corrected chi connectivity index (χ2v) is 8.30. The number of hydrogen-bond donors (Lipinski definition) is 1. The van der Waals surface area contributed by atoms with Gasteiger partial charge in [0.15, 0.2) is 0 Å². The second-order valence-electron chi connectivity index (χ2n) is 8.30. The van der Waals surface area contributed by atoms with Crippen molar-refractivity contribution in [3.8, 4) is 0 Å². The minimum absolute atomic E-state index is 0.224. The second kappa shape index (κ2) is 8.43. The smallest absolute Gasteiger partial charge is 0.227 e. The van der Waals surface area contributed by atoms with Crippen LogP contribution in [0, 0.1) is 5.92 Å². The Morgan fingerprint density at radius 1 is 1.25 bits per heavy atom. The maximum atomic E-state index is 6.01. The number of piperidine rings is 1. The monoisotopic (exact) mass is 385 g/mol. The van der Waals surface area contributed by atoms with Gasteiger partial charge in [-0.25, -0.2) is 4.98 Å². The van der Waals surface area contributed by atoms with Gasteiger partial charge in [0, 0.05) is 38.9 Å². The summed E-state index contributed by atoms with van der Waals surface area (Å²) >= 11 is 0. The highest BCUT2D eigenvalue weighted by Crippen LogP contribution is 2.28. The predicted molar refractivity (Wildman–Crippen MR) is 108 cm³/mol. The Morgan fingerprint density at radius 2 is 2.14 bits per heavy atom. The average Bonchev–Trinajstić information content (AvgIpc) is 3.14. The zero-order chi connectivity index (χ0) is 19.5. The van der Waals surface area contributed by atoms with E-state index in [9.17, 15) is 0 Å². The molecule has 0 unspecified atom stereocenters. The fourth-order valence-corrected chi connectivity index (χ4v) is 4.42. The molecule has 2 saturated heterocycles. The van der Waals surface area contributed by atoms with Gasteiger partial charge in [0.2, 0.25) is 5.95 Å². The summed E-state index contributed by atoms with van der Waals surface area (Å²) in [5, 5.41) is 12.0. The van der Waals surface area contributed by atoms with Crippen molar-refractivity contribution >= 4 is 11.8 Å². The van der Waals surface area contributed by atoms with Crippen molar-refractivity contribution in [2.24, 2.45) is 13.0 Å². The van der Waals surface area contributed by atoms with Crippen LogP contribution in [0.5, 0.6) is 0 Å². The molecule has 2 aromatic heterocycles. The summed E-state index contributed by atoms with van der Waals surface area (Å²) in [6.45, 7) is 7.14. The standard InChI is InChI=1S/C20H31N7O/c1-14(2)18-16(7-5-11-28-18)23-17-8-9-21-20(24-17)27-10-4-6-15(12-27)19-25-22-13-26(19)3/h8-9,13-16,18H,4-7,10-12H2,1-3H3,(H,21,23,24)/t15-,16-,18-/m0/s1. The summed E-state index contributed by atoms with van der Waals surface area (Å²) in [4.78, 5) is 11.6. The summed E-state index contributed by atoms with van der Waals surface area (Å²) < 4.78 is 8.02. The van der Waals surface area contributed by atoms with E-state index in [0.29, 0.717) is 17.9 Å². The number of nitrogens with zero attached hydrogens (tertiary/aromatic N) is 6. The number of aryl methyl sites for hydroxylation is 1. The van der Waals surface area contributed by atoms with Crippen molar-refractivity contribution in [1.29, 1.82) is 0 Å². The molecule has 0 spiro atoms. The van der Waals surface area contributed by atoms with Gasteiger partial charge in [-0.15, -0.1) is 10.2 Å². The minimum atomic E-state index is 0.224. The average molecular weight is 386 g/mol. The van der Waals surface area contributed by atoms with Crippen molar-refractivity contribution in [2.45, 2.75) is 57.6 Å². The zero-order valence-corrected chi connectivity index (χ0v) is 17.1.